The molecule has 0 radical (unpaired) electrons. The molecule has 1 fully saturated rings. The Morgan fingerprint density at radius 1 is 0.879 bits per heavy atom. The molecule has 0 aromatic heterocycles. The molecular formula is C27H27N3O3. The first-order valence-electron chi connectivity index (χ1n) is 11.2. The van der Waals surface area contributed by atoms with E-state index in [9.17, 15) is 9.59 Å². The Bertz CT molecular complexity index is 1240. The van der Waals surface area contributed by atoms with E-state index in [0.717, 1.165) is 65.3 Å². The number of amides is 2. The number of carbonyl (C=O) groups is 2. The number of carbonyl (C=O) groups excluding carboxylic acids is 2. The van der Waals surface area contributed by atoms with Crippen molar-refractivity contribution in [3.8, 4) is 28.0 Å². The van der Waals surface area contributed by atoms with Gasteiger partial charge in [-0.25, -0.2) is 0 Å². The molecule has 1 aliphatic heterocycles. The molecule has 0 unspecified atom stereocenters. The van der Waals surface area contributed by atoms with Crippen molar-refractivity contribution in [1.82, 2.24) is 9.80 Å². The first kappa shape index (κ1) is 21.2. The summed E-state index contributed by atoms with van der Waals surface area (Å²) in [6, 6.07) is 17.6. The highest BCUT2D eigenvalue weighted by Crippen LogP contribution is 2.41. The molecule has 2 amide bonds. The molecule has 0 spiro atoms. The number of hydrogen-bond donors (Lipinski definition) is 1. The van der Waals surface area contributed by atoms with Gasteiger partial charge >= 0.3 is 0 Å². The number of nitrogens with zero attached hydrogens (tertiary/aromatic N) is 2. The monoisotopic (exact) mass is 441 g/mol. The Labute approximate surface area is 193 Å². The molecule has 0 bridgehead atoms. The Kier molecular flexibility index (Phi) is 5.38. The second-order valence-electron chi connectivity index (χ2n) is 8.79. The van der Waals surface area contributed by atoms with Gasteiger partial charge in [-0.15, -0.1) is 0 Å². The number of benzene rings is 3. The van der Waals surface area contributed by atoms with Gasteiger partial charge in [-0.2, -0.15) is 0 Å². The lowest BCUT2D eigenvalue weighted by Gasteiger charge is -2.32. The summed E-state index contributed by atoms with van der Waals surface area (Å²) in [6.45, 7) is 3.25. The zero-order chi connectivity index (χ0) is 23.1. The number of methoxy groups -OCH3 is 1. The van der Waals surface area contributed by atoms with Crippen molar-refractivity contribution in [2.24, 2.45) is 5.73 Å². The molecular weight excluding hydrogens is 414 g/mol. The number of piperazine rings is 1. The van der Waals surface area contributed by atoms with Crippen molar-refractivity contribution in [2.75, 3.05) is 40.3 Å². The van der Waals surface area contributed by atoms with E-state index in [1.807, 2.05) is 53.4 Å². The highest BCUT2D eigenvalue weighted by molar-refractivity contribution is 6.01. The molecule has 0 saturated carbocycles. The SMILES string of the molecule is COc1ccc(-c2cc(C(N)=O)c3c(c2)-c2ccc(C(=O)N4CCN(C)CC4)cc2C3)cc1. The largest absolute Gasteiger partial charge is 0.497 e. The Morgan fingerprint density at radius 2 is 1.61 bits per heavy atom. The van der Waals surface area contributed by atoms with Crippen LogP contribution in [0, 0.1) is 0 Å². The molecule has 5 rings (SSSR count). The molecule has 3 aromatic rings. The van der Waals surface area contributed by atoms with E-state index in [1.54, 1.807) is 7.11 Å². The molecule has 1 heterocycles. The third kappa shape index (κ3) is 3.87. The Morgan fingerprint density at radius 3 is 2.27 bits per heavy atom. The standard InChI is InChI=1S/C27H27N3O3/c1-29-9-11-30(12-10-29)27(32)18-5-8-22-20(13-18)16-24-23(22)14-19(15-25(24)26(28)31)17-3-6-21(33-2)7-4-17/h3-8,13-15H,9-12,16H2,1-2H3,(H2,28,31). The van der Waals surface area contributed by atoms with Gasteiger partial charge in [-0.3, -0.25) is 9.59 Å². The summed E-state index contributed by atoms with van der Waals surface area (Å²) in [5, 5.41) is 0. The fraction of sp³-hybridized carbons (Fsp3) is 0.259. The summed E-state index contributed by atoms with van der Waals surface area (Å²) in [6.07, 6.45) is 0.593. The molecule has 6 heteroatoms. The quantitative estimate of drug-likeness (QED) is 0.527. The van der Waals surface area contributed by atoms with E-state index in [1.165, 1.54) is 0 Å². The highest BCUT2D eigenvalue weighted by Gasteiger charge is 2.27. The number of likely N-dealkylation sites (N-methyl/N-ethyl adjacent to an activating group) is 1. The van der Waals surface area contributed by atoms with Crippen LogP contribution in [0.15, 0.2) is 54.6 Å². The van der Waals surface area contributed by atoms with Crippen LogP contribution in [0.4, 0.5) is 0 Å². The number of hydrogen-bond acceptors (Lipinski definition) is 4. The molecule has 168 valence electrons. The van der Waals surface area contributed by atoms with Gasteiger partial charge in [-0.1, -0.05) is 18.2 Å². The zero-order valence-electron chi connectivity index (χ0n) is 18.9. The van der Waals surface area contributed by atoms with Crippen LogP contribution in [0.25, 0.3) is 22.3 Å². The first-order valence-corrected chi connectivity index (χ1v) is 11.2. The minimum Gasteiger partial charge on any atom is -0.497 e. The molecule has 6 nitrogen and oxygen atoms in total. The van der Waals surface area contributed by atoms with Gasteiger partial charge in [0.1, 0.15) is 5.75 Å². The van der Waals surface area contributed by atoms with Gasteiger partial charge in [-0.05, 0) is 83.2 Å². The number of fused-ring (bicyclic) bond motifs is 3. The van der Waals surface area contributed by atoms with E-state index in [4.69, 9.17) is 10.5 Å². The van der Waals surface area contributed by atoms with Crippen LogP contribution in [0.5, 0.6) is 5.75 Å². The molecule has 0 atom stereocenters. The van der Waals surface area contributed by atoms with Crippen LogP contribution in [0.2, 0.25) is 0 Å². The summed E-state index contributed by atoms with van der Waals surface area (Å²) in [4.78, 5) is 29.6. The predicted octanol–water partition coefficient (Wildman–Crippen LogP) is 3.42. The summed E-state index contributed by atoms with van der Waals surface area (Å²) in [7, 11) is 3.71. The van der Waals surface area contributed by atoms with Gasteiger partial charge in [0.15, 0.2) is 0 Å². The minimum atomic E-state index is -0.442. The number of primary amides is 1. The van der Waals surface area contributed by atoms with Gasteiger partial charge in [0.05, 0.1) is 7.11 Å². The smallest absolute Gasteiger partial charge is 0.253 e. The van der Waals surface area contributed by atoms with Crippen molar-refractivity contribution in [1.29, 1.82) is 0 Å². The maximum atomic E-state index is 13.1. The molecule has 2 N–H and O–H groups in total. The van der Waals surface area contributed by atoms with E-state index < -0.39 is 5.91 Å². The lowest BCUT2D eigenvalue weighted by Crippen LogP contribution is -2.47. The minimum absolute atomic E-state index is 0.0657. The lowest BCUT2D eigenvalue weighted by molar-refractivity contribution is 0.0664. The number of rotatable bonds is 4. The van der Waals surface area contributed by atoms with Gasteiger partial charge in [0, 0.05) is 37.3 Å². The van der Waals surface area contributed by atoms with E-state index in [2.05, 4.69) is 18.0 Å². The fourth-order valence-electron chi connectivity index (χ4n) is 4.79. The van der Waals surface area contributed by atoms with E-state index in [0.29, 0.717) is 17.5 Å². The maximum absolute atomic E-state index is 13.1. The summed E-state index contributed by atoms with van der Waals surface area (Å²) < 4.78 is 5.26. The second kappa shape index (κ2) is 8.37. The zero-order valence-corrected chi connectivity index (χ0v) is 18.9. The van der Waals surface area contributed by atoms with Crippen LogP contribution >= 0.6 is 0 Å². The average Bonchev–Trinajstić information content (AvgIpc) is 3.21. The van der Waals surface area contributed by atoms with Crippen molar-refractivity contribution in [2.45, 2.75) is 6.42 Å². The number of nitrogens with two attached hydrogens (primary N) is 1. The normalized spacial score (nSPS) is 15.2. The topological polar surface area (TPSA) is 75.9 Å². The molecule has 1 aliphatic carbocycles. The molecule has 3 aromatic carbocycles. The van der Waals surface area contributed by atoms with Gasteiger partial charge < -0.3 is 20.3 Å². The van der Waals surface area contributed by atoms with Crippen LogP contribution in [-0.2, 0) is 6.42 Å². The second-order valence-corrected chi connectivity index (χ2v) is 8.79. The van der Waals surface area contributed by atoms with Crippen molar-refractivity contribution >= 4 is 11.8 Å². The van der Waals surface area contributed by atoms with E-state index >= 15 is 0 Å². The summed E-state index contributed by atoms with van der Waals surface area (Å²) >= 11 is 0. The summed E-state index contributed by atoms with van der Waals surface area (Å²) in [5.74, 6) is 0.400. The number of ether oxygens (including phenoxy) is 1. The molecule has 2 aliphatic rings. The van der Waals surface area contributed by atoms with E-state index in [-0.39, 0.29) is 5.91 Å². The van der Waals surface area contributed by atoms with Crippen LogP contribution in [-0.4, -0.2) is 62.0 Å². The van der Waals surface area contributed by atoms with Crippen LogP contribution < -0.4 is 10.5 Å². The van der Waals surface area contributed by atoms with Crippen LogP contribution in [0.3, 0.4) is 0 Å². The average molecular weight is 442 g/mol. The highest BCUT2D eigenvalue weighted by atomic mass is 16.5. The van der Waals surface area contributed by atoms with Crippen molar-refractivity contribution in [3.05, 3.63) is 76.9 Å². The van der Waals surface area contributed by atoms with Crippen molar-refractivity contribution in [3.63, 3.8) is 0 Å². The first-order chi connectivity index (χ1) is 15.9. The lowest BCUT2D eigenvalue weighted by atomic mass is 9.94. The maximum Gasteiger partial charge on any atom is 0.253 e. The van der Waals surface area contributed by atoms with Crippen LogP contribution in [0.1, 0.15) is 31.8 Å². The predicted molar refractivity (Wildman–Crippen MR) is 129 cm³/mol. The third-order valence-electron chi connectivity index (χ3n) is 6.74. The van der Waals surface area contributed by atoms with Gasteiger partial charge in [0.25, 0.3) is 5.91 Å². The Hall–Kier alpha value is -3.64. The molecule has 1 saturated heterocycles. The van der Waals surface area contributed by atoms with Crippen molar-refractivity contribution < 1.29 is 14.3 Å². The fourth-order valence-corrected chi connectivity index (χ4v) is 4.79. The summed E-state index contributed by atoms with van der Waals surface area (Å²) in [5.41, 5.74) is 13.0. The third-order valence-corrected chi connectivity index (χ3v) is 6.74. The molecule has 33 heavy (non-hydrogen) atoms. The Balaban J connectivity index is 1.51. The van der Waals surface area contributed by atoms with Gasteiger partial charge in [0.2, 0.25) is 5.91 Å².